The predicted molar refractivity (Wildman–Crippen MR) is 55.3 cm³/mol. The number of nitrogens with two attached hydrogens (primary N) is 1. The van der Waals surface area contributed by atoms with Crippen LogP contribution in [0.5, 0.6) is 0 Å². The molecule has 2 saturated heterocycles. The van der Waals surface area contributed by atoms with Crippen molar-refractivity contribution in [3.05, 3.63) is 0 Å². The van der Waals surface area contributed by atoms with Crippen LogP contribution in [0.1, 0.15) is 32.6 Å². The van der Waals surface area contributed by atoms with E-state index in [2.05, 4.69) is 0 Å². The van der Waals surface area contributed by atoms with Crippen LogP contribution in [0.4, 0.5) is 0 Å². The summed E-state index contributed by atoms with van der Waals surface area (Å²) < 4.78 is 25.3. The van der Waals surface area contributed by atoms with E-state index in [4.69, 9.17) is 5.73 Å². The highest BCUT2D eigenvalue weighted by atomic mass is 32.2. The lowest BCUT2D eigenvalue weighted by molar-refractivity contribution is 0.227. The van der Waals surface area contributed by atoms with E-state index in [1.165, 1.54) is 0 Å². The van der Waals surface area contributed by atoms with Crippen LogP contribution in [0.3, 0.4) is 0 Å². The predicted octanol–water partition coefficient (Wildman–Crippen LogP) is 0.290. The molecule has 2 fully saturated rings. The molecule has 2 atom stereocenters. The van der Waals surface area contributed by atoms with Crippen LogP contribution in [0.25, 0.3) is 0 Å². The quantitative estimate of drug-likeness (QED) is 0.724. The molecule has 4 nitrogen and oxygen atoms in total. The zero-order chi connectivity index (χ0) is 10.3. The van der Waals surface area contributed by atoms with E-state index in [0.29, 0.717) is 0 Å². The fourth-order valence-corrected chi connectivity index (χ4v) is 4.37. The van der Waals surface area contributed by atoms with Gasteiger partial charge in [0, 0.05) is 18.1 Å². The van der Waals surface area contributed by atoms with Gasteiger partial charge in [-0.3, -0.25) is 0 Å². The van der Waals surface area contributed by atoms with Gasteiger partial charge in [0.1, 0.15) is 0 Å². The smallest absolute Gasteiger partial charge is 0.214 e. The lowest BCUT2D eigenvalue weighted by atomic mass is 10.0. The Bertz CT molecular complexity index is 301. The molecule has 2 bridgehead atoms. The molecule has 14 heavy (non-hydrogen) atoms. The van der Waals surface area contributed by atoms with Crippen LogP contribution in [0, 0.1) is 0 Å². The van der Waals surface area contributed by atoms with Gasteiger partial charge >= 0.3 is 0 Å². The molecule has 2 heterocycles. The third-order valence-corrected chi connectivity index (χ3v) is 5.36. The van der Waals surface area contributed by atoms with Gasteiger partial charge < -0.3 is 5.73 Å². The van der Waals surface area contributed by atoms with Crippen LogP contribution in [0.15, 0.2) is 0 Å². The fraction of sp³-hybridized carbons (Fsp3) is 1.00. The maximum atomic E-state index is 11.8. The Morgan fingerprint density at radius 1 is 1.29 bits per heavy atom. The lowest BCUT2D eigenvalue weighted by Crippen LogP contribution is -2.50. The first-order valence-corrected chi connectivity index (χ1v) is 6.92. The summed E-state index contributed by atoms with van der Waals surface area (Å²) in [6.07, 6.45) is 3.68. The Balaban J connectivity index is 2.23. The third kappa shape index (κ3) is 1.57. The van der Waals surface area contributed by atoms with Gasteiger partial charge in [-0.05, 0) is 32.6 Å². The second-order valence-electron chi connectivity index (χ2n) is 4.35. The molecule has 0 spiro atoms. The van der Waals surface area contributed by atoms with Crippen molar-refractivity contribution in [1.29, 1.82) is 0 Å². The van der Waals surface area contributed by atoms with Crippen molar-refractivity contribution in [3.8, 4) is 0 Å². The number of rotatable bonds is 2. The maximum Gasteiger partial charge on any atom is 0.214 e. The van der Waals surface area contributed by atoms with Gasteiger partial charge in [-0.1, -0.05) is 0 Å². The zero-order valence-electron chi connectivity index (χ0n) is 8.52. The molecule has 0 aromatic rings. The molecule has 0 amide bonds. The van der Waals surface area contributed by atoms with E-state index in [0.717, 1.165) is 25.7 Å². The van der Waals surface area contributed by atoms with Gasteiger partial charge in [0.25, 0.3) is 0 Å². The highest BCUT2D eigenvalue weighted by Crippen LogP contribution is 2.37. The number of sulfonamides is 1. The molecular weight excluding hydrogens is 200 g/mol. The number of nitrogens with zero attached hydrogens (tertiary/aromatic N) is 1. The lowest BCUT2D eigenvalue weighted by Gasteiger charge is -2.36. The average molecular weight is 218 g/mol. The Labute approximate surface area is 85.5 Å². The van der Waals surface area contributed by atoms with Crippen molar-refractivity contribution in [3.63, 3.8) is 0 Å². The van der Waals surface area contributed by atoms with Gasteiger partial charge in [-0.2, -0.15) is 4.31 Å². The minimum atomic E-state index is -3.00. The monoisotopic (exact) mass is 218 g/mol. The van der Waals surface area contributed by atoms with Gasteiger partial charge in [-0.25, -0.2) is 8.42 Å². The standard InChI is InChI=1S/C9H18N2O2S/c1-2-14(12,13)11-8-3-4-9(11)6-7(10)5-8/h7-9H,2-6,10H2,1H3. The first-order valence-electron chi connectivity index (χ1n) is 5.31. The third-order valence-electron chi connectivity index (χ3n) is 3.39. The summed E-state index contributed by atoms with van der Waals surface area (Å²) in [4.78, 5) is 0. The van der Waals surface area contributed by atoms with Gasteiger partial charge in [0.2, 0.25) is 10.0 Å². The molecule has 5 heteroatoms. The van der Waals surface area contributed by atoms with Crippen molar-refractivity contribution < 1.29 is 8.42 Å². The first kappa shape index (κ1) is 10.4. The van der Waals surface area contributed by atoms with Gasteiger partial charge in [0.15, 0.2) is 0 Å². The first-order chi connectivity index (χ1) is 6.54. The summed E-state index contributed by atoms with van der Waals surface area (Å²) in [5, 5.41) is 0. The second-order valence-corrected chi connectivity index (χ2v) is 6.51. The van der Waals surface area contributed by atoms with Crippen molar-refractivity contribution in [2.45, 2.75) is 50.7 Å². The average Bonchev–Trinajstić information content (AvgIpc) is 2.40. The molecule has 0 saturated carbocycles. The number of hydrogen-bond donors (Lipinski definition) is 1. The molecule has 0 aromatic carbocycles. The van der Waals surface area contributed by atoms with E-state index in [9.17, 15) is 8.42 Å². The fourth-order valence-electron chi connectivity index (χ4n) is 2.78. The van der Waals surface area contributed by atoms with Crippen molar-refractivity contribution in [2.75, 3.05) is 5.75 Å². The molecule has 2 rings (SSSR count). The van der Waals surface area contributed by atoms with E-state index < -0.39 is 10.0 Å². The molecule has 0 radical (unpaired) electrons. The molecular formula is C9H18N2O2S. The molecule has 2 aliphatic rings. The minimum Gasteiger partial charge on any atom is -0.328 e. The topological polar surface area (TPSA) is 63.4 Å². The van der Waals surface area contributed by atoms with Gasteiger partial charge in [0.05, 0.1) is 5.75 Å². The number of hydrogen-bond acceptors (Lipinski definition) is 3. The zero-order valence-corrected chi connectivity index (χ0v) is 9.33. The van der Waals surface area contributed by atoms with Crippen molar-refractivity contribution >= 4 is 10.0 Å². The van der Waals surface area contributed by atoms with E-state index in [-0.39, 0.29) is 23.9 Å². The summed E-state index contributed by atoms with van der Waals surface area (Å²) in [5.74, 6) is 0.217. The van der Waals surface area contributed by atoms with Crippen molar-refractivity contribution in [1.82, 2.24) is 4.31 Å². The van der Waals surface area contributed by atoms with E-state index in [1.807, 2.05) is 0 Å². The second kappa shape index (κ2) is 3.47. The Morgan fingerprint density at radius 2 is 1.79 bits per heavy atom. The molecule has 0 aromatic heterocycles. The molecule has 2 unspecified atom stereocenters. The van der Waals surface area contributed by atoms with Crippen LogP contribution >= 0.6 is 0 Å². The number of fused-ring (bicyclic) bond motifs is 2. The summed E-state index contributed by atoms with van der Waals surface area (Å²) >= 11 is 0. The SMILES string of the molecule is CCS(=O)(=O)N1C2CCC1CC(N)C2. The highest BCUT2D eigenvalue weighted by Gasteiger charge is 2.44. The Kier molecular flexibility index (Phi) is 2.57. The van der Waals surface area contributed by atoms with Crippen LogP contribution in [-0.2, 0) is 10.0 Å². The van der Waals surface area contributed by atoms with E-state index in [1.54, 1.807) is 11.2 Å². The molecule has 2 N–H and O–H groups in total. The van der Waals surface area contributed by atoms with Crippen LogP contribution in [-0.4, -0.2) is 36.6 Å². The molecule has 2 aliphatic heterocycles. The van der Waals surface area contributed by atoms with Gasteiger partial charge in [-0.15, -0.1) is 0 Å². The van der Waals surface area contributed by atoms with E-state index >= 15 is 0 Å². The van der Waals surface area contributed by atoms with Crippen LogP contribution in [0.2, 0.25) is 0 Å². The Hall–Kier alpha value is -0.130. The highest BCUT2D eigenvalue weighted by molar-refractivity contribution is 7.89. The molecule has 0 aliphatic carbocycles. The summed E-state index contributed by atoms with van der Waals surface area (Å²) in [7, 11) is -3.00. The Morgan fingerprint density at radius 3 is 2.21 bits per heavy atom. The summed E-state index contributed by atoms with van der Waals surface area (Å²) in [5.41, 5.74) is 5.88. The minimum absolute atomic E-state index is 0.189. The summed E-state index contributed by atoms with van der Waals surface area (Å²) in [6.45, 7) is 1.71. The number of piperidine rings is 1. The largest absolute Gasteiger partial charge is 0.328 e. The maximum absolute atomic E-state index is 11.8. The van der Waals surface area contributed by atoms with Crippen LogP contribution < -0.4 is 5.73 Å². The van der Waals surface area contributed by atoms with Crippen molar-refractivity contribution in [2.24, 2.45) is 5.73 Å². The normalized spacial score (nSPS) is 38.9. The molecule has 82 valence electrons. The summed E-state index contributed by atoms with van der Waals surface area (Å²) in [6, 6.07) is 0.582.